The molecule has 0 aromatic heterocycles. The van der Waals surface area contributed by atoms with Gasteiger partial charge in [-0.2, -0.15) is 0 Å². The van der Waals surface area contributed by atoms with E-state index in [0.717, 1.165) is 24.2 Å². The molecule has 3 aliphatic rings. The molecule has 1 aromatic rings. The highest BCUT2D eigenvalue weighted by Gasteiger charge is 2.51. The van der Waals surface area contributed by atoms with E-state index in [1.54, 1.807) is 7.11 Å². The van der Waals surface area contributed by atoms with E-state index >= 15 is 0 Å². The first kappa shape index (κ1) is 12.7. The van der Waals surface area contributed by atoms with E-state index in [0.29, 0.717) is 5.92 Å². The highest BCUT2D eigenvalue weighted by molar-refractivity contribution is 5.40. The highest BCUT2D eigenvalue weighted by atomic mass is 16.5. The quantitative estimate of drug-likeness (QED) is 0.775. The van der Waals surface area contributed by atoms with Gasteiger partial charge in [-0.15, -0.1) is 0 Å². The molecule has 4 atom stereocenters. The number of hydrogen-bond donors (Lipinski definition) is 0. The summed E-state index contributed by atoms with van der Waals surface area (Å²) >= 11 is 0. The van der Waals surface area contributed by atoms with Crippen LogP contribution in [0.15, 0.2) is 12.1 Å². The maximum absolute atomic E-state index is 6.10. The Kier molecular flexibility index (Phi) is 2.85. The van der Waals surface area contributed by atoms with E-state index in [1.807, 2.05) is 0 Å². The predicted molar refractivity (Wildman–Crippen MR) is 78.1 cm³/mol. The van der Waals surface area contributed by atoms with Gasteiger partial charge in [0, 0.05) is 12.7 Å². The third kappa shape index (κ3) is 1.74. The van der Waals surface area contributed by atoms with Crippen LogP contribution in [0.1, 0.15) is 49.7 Å². The van der Waals surface area contributed by atoms with E-state index in [9.17, 15) is 0 Å². The molecule has 1 saturated carbocycles. The molecule has 4 rings (SSSR count). The van der Waals surface area contributed by atoms with Crippen molar-refractivity contribution in [3.05, 3.63) is 29.3 Å². The smallest absolute Gasteiger partial charge is 0.127 e. The van der Waals surface area contributed by atoms with Gasteiger partial charge in [0.1, 0.15) is 5.75 Å². The van der Waals surface area contributed by atoms with Crippen molar-refractivity contribution in [3.63, 3.8) is 0 Å². The lowest BCUT2D eigenvalue weighted by Gasteiger charge is -2.48. The standard InChI is InChI=1S/C18H23O2/c1-18-9-7-14-15(17(18)8-10-20-18)6-4-12-3-5-13(19-2)11-16(12)14/h3,11,14-15,17H,4,6-10H2,1-2H3/t14-,15+,17-,18-/m0/s1. The van der Waals surface area contributed by atoms with Gasteiger partial charge in [-0.25, -0.2) is 0 Å². The van der Waals surface area contributed by atoms with Crippen molar-refractivity contribution in [1.82, 2.24) is 0 Å². The Morgan fingerprint density at radius 2 is 2.25 bits per heavy atom. The second-order valence-electron chi connectivity index (χ2n) is 6.89. The number of aryl methyl sites for hydroxylation is 1. The van der Waals surface area contributed by atoms with E-state index < -0.39 is 0 Å². The molecular formula is C18H23O2. The molecule has 2 nitrogen and oxygen atoms in total. The summed E-state index contributed by atoms with van der Waals surface area (Å²) in [6.07, 6.45) is 6.24. The first-order valence-electron chi connectivity index (χ1n) is 7.94. The van der Waals surface area contributed by atoms with Crippen LogP contribution < -0.4 is 4.74 Å². The Bertz CT molecular complexity index is 524. The van der Waals surface area contributed by atoms with Crippen LogP contribution in [0.5, 0.6) is 5.75 Å². The minimum Gasteiger partial charge on any atom is -0.496 e. The average molecular weight is 271 g/mol. The Hall–Kier alpha value is -1.02. The molecule has 0 amide bonds. The maximum atomic E-state index is 6.10. The fraction of sp³-hybridized carbons (Fsp3) is 0.667. The fourth-order valence-corrected chi connectivity index (χ4v) is 5.00. The van der Waals surface area contributed by atoms with Crippen LogP contribution in [0.2, 0.25) is 0 Å². The summed E-state index contributed by atoms with van der Waals surface area (Å²) in [5, 5.41) is 0. The van der Waals surface area contributed by atoms with Gasteiger partial charge in [0.05, 0.1) is 12.7 Å². The Morgan fingerprint density at radius 1 is 1.35 bits per heavy atom. The van der Waals surface area contributed by atoms with Gasteiger partial charge >= 0.3 is 0 Å². The van der Waals surface area contributed by atoms with E-state index in [-0.39, 0.29) is 5.60 Å². The highest BCUT2D eigenvalue weighted by Crippen LogP contribution is 2.55. The number of benzene rings is 1. The number of rotatable bonds is 1. The normalized spacial score (nSPS) is 38.8. The molecule has 0 bridgehead atoms. The molecule has 0 N–H and O–H groups in total. The summed E-state index contributed by atoms with van der Waals surface area (Å²) in [6.45, 7) is 3.30. The molecular weight excluding hydrogens is 248 g/mol. The summed E-state index contributed by atoms with van der Waals surface area (Å²) in [6, 6.07) is 7.65. The van der Waals surface area contributed by atoms with Crippen molar-refractivity contribution in [2.75, 3.05) is 13.7 Å². The molecule has 1 heterocycles. The topological polar surface area (TPSA) is 18.5 Å². The molecule has 1 radical (unpaired) electrons. The zero-order valence-corrected chi connectivity index (χ0v) is 12.4. The summed E-state index contributed by atoms with van der Waals surface area (Å²) in [4.78, 5) is 0. The molecule has 1 aromatic carbocycles. The Morgan fingerprint density at radius 3 is 3.10 bits per heavy atom. The summed E-state index contributed by atoms with van der Waals surface area (Å²) in [7, 11) is 1.74. The van der Waals surface area contributed by atoms with Crippen molar-refractivity contribution in [3.8, 4) is 5.75 Å². The average Bonchev–Trinajstić information content (AvgIpc) is 2.88. The second kappa shape index (κ2) is 4.49. The minimum atomic E-state index is 0.156. The summed E-state index contributed by atoms with van der Waals surface area (Å²) < 4.78 is 11.5. The Balaban J connectivity index is 1.72. The van der Waals surface area contributed by atoms with Crippen LogP contribution in [-0.4, -0.2) is 19.3 Å². The molecule has 1 aliphatic heterocycles. The van der Waals surface area contributed by atoms with E-state index in [4.69, 9.17) is 9.47 Å². The number of methoxy groups -OCH3 is 1. The molecule has 20 heavy (non-hydrogen) atoms. The largest absolute Gasteiger partial charge is 0.496 e. The number of hydrogen-bond acceptors (Lipinski definition) is 2. The molecule has 2 heteroatoms. The van der Waals surface area contributed by atoms with E-state index in [1.165, 1.54) is 43.2 Å². The maximum Gasteiger partial charge on any atom is 0.127 e. The number of ether oxygens (including phenoxy) is 2. The zero-order chi connectivity index (χ0) is 13.7. The van der Waals surface area contributed by atoms with Crippen LogP contribution in [0, 0.1) is 17.9 Å². The molecule has 2 fully saturated rings. The molecule has 2 aliphatic carbocycles. The molecule has 0 unspecified atom stereocenters. The van der Waals surface area contributed by atoms with Crippen molar-refractivity contribution < 1.29 is 9.47 Å². The fourth-order valence-electron chi connectivity index (χ4n) is 5.00. The van der Waals surface area contributed by atoms with Gasteiger partial charge in [-0.3, -0.25) is 0 Å². The van der Waals surface area contributed by atoms with Crippen LogP contribution in [0.3, 0.4) is 0 Å². The van der Waals surface area contributed by atoms with Crippen molar-refractivity contribution >= 4 is 0 Å². The SMILES string of the molecule is COc1[c]cc2c(c1)[C@H]1CC[C@]3(C)OCC[C@H]3[C@@H]1CC2. The lowest BCUT2D eigenvalue weighted by atomic mass is 9.59. The monoisotopic (exact) mass is 271 g/mol. The summed E-state index contributed by atoms with van der Waals surface area (Å²) in [5.41, 5.74) is 3.18. The van der Waals surface area contributed by atoms with Crippen molar-refractivity contribution in [1.29, 1.82) is 0 Å². The van der Waals surface area contributed by atoms with Crippen LogP contribution in [0.4, 0.5) is 0 Å². The second-order valence-corrected chi connectivity index (χ2v) is 6.89. The van der Waals surface area contributed by atoms with Crippen molar-refractivity contribution in [2.24, 2.45) is 11.8 Å². The van der Waals surface area contributed by atoms with Crippen LogP contribution >= 0.6 is 0 Å². The van der Waals surface area contributed by atoms with Gasteiger partial charge in [-0.05, 0) is 80.0 Å². The first-order valence-corrected chi connectivity index (χ1v) is 7.94. The lowest BCUT2D eigenvalue weighted by molar-refractivity contribution is -0.0566. The van der Waals surface area contributed by atoms with Crippen LogP contribution in [0.25, 0.3) is 0 Å². The first-order chi connectivity index (χ1) is 9.71. The molecule has 1 saturated heterocycles. The molecule has 0 spiro atoms. The minimum absolute atomic E-state index is 0.156. The van der Waals surface area contributed by atoms with Gasteiger partial charge in [0.15, 0.2) is 0 Å². The molecule has 107 valence electrons. The van der Waals surface area contributed by atoms with Gasteiger partial charge < -0.3 is 9.47 Å². The zero-order valence-electron chi connectivity index (χ0n) is 12.4. The van der Waals surface area contributed by atoms with Crippen LogP contribution in [-0.2, 0) is 11.2 Å². The number of fused-ring (bicyclic) bond motifs is 5. The summed E-state index contributed by atoms with van der Waals surface area (Å²) in [5.74, 6) is 3.16. The van der Waals surface area contributed by atoms with Crippen molar-refractivity contribution in [2.45, 2.75) is 50.5 Å². The Labute approximate surface area is 121 Å². The third-order valence-corrected chi connectivity index (χ3v) is 6.04. The van der Waals surface area contributed by atoms with E-state index in [2.05, 4.69) is 25.1 Å². The van der Waals surface area contributed by atoms with Gasteiger partial charge in [-0.1, -0.05) is 0 Å². The predicted octanol–water partition coefficient (Wildman–Crippen LogP) is 3.73. The third-order valence-electron chi connectivity index (χ3n) is 6.04. The lowest BCUT2D eigenvalue weighted by Crippen LogP contribution is -2.44. The van der Waals surface area contributed by atoms with Gasteiger partial charge in [0.2, 0.25) is 0 Å². The van der Waals surface area contributed by atoms with Gasteiger partial charge in [0.25, 0.3) is 0 Å².